The van der Waals surface area contributed by atoms with Crippen LogP contribution in [0.1, 0.15) is 21.6 Å². The number of aromatic nitrogens is 1. The first kappa shape index (κ1) is 18.9. The van der Waals surface area contributed by atoms with Crippen molar-refractivity contribution in [2.75, 3.05) is 6.54 Å². The van der Waals surface area contributed by atoms with Crippen molar-refractivity contribution in [1.29, 1.82) is 0 Å². The number of hydrogen-bond donors (Lipinski definition) is 0. The topological polar surface area (TPSA) is 25.2 Å². The lowest BCUT2D eigenvalue weighted by molar-refractivity contribution is 0.0759. The zero-order valence-electron chi connectivity index (χ0n) is 14.8. The van der Waals surface area contributed by atoms with Crippen LogP contribution in [0.5, 0.6) is 0 Å². The summed E-state index contributed by atoms with van der Waals surface area (Å²) in [7, 11) is 0. The highest BCUT2D eigenvalue weighted by atomic mass is 35.5. The summed E-state index contributed by atoms with van der Waals surface area (Å²) in [5, 5.41) is 0.705. The summed E-state index contributed by atoms with van der Waals surface area (Å²) in [6.07, 6.45) is 3.62. The fourth-order valence-electron chi connectivity index (χ4n) is 2.93. The van der Waals surface area contributed by atoms with Gasteiger partial charge in [0.05, 0.1) is 6.54 Å². The third-order valence-electron chi connectivity index (χ3n) is 4.28. The van der Waals surface area contributed by atoms with Crippen LogP contribution in [-0.2, 0) is 13.1 Å². The predicted octanol–water partition coefficient (Wildman–Crippen LogP) is 5.16. The zero-order chi connectivity index (χ0) is 19.2. The molecule has 0 unspecified atom stereocenters. The number of carbonyl (C=O) groups is 1. The van der Waals surface area contributed by atoms with Crippen molar-refractivity contribution in [2.45, 2.75) is 13.1 Å². The number of rotatable bonds is 7. The number of amides is 1. The van der Waals surface area contributed by atoms with Crippen LogP contribution in [0.25, 0.3) is 0 Å². The van der Waals surface area contributed by atoms with Crippen LogP contribution in [0.3, 0.4) is 0 Å². The normalized spacial score (nSPS) is 10.6. The standard InChI is InChI=1S/C22H20ClFN2O/c1-2-12-26(22(27)17-8-5-9-19(24)14-17)16-20-10-6-13-25(20)15-18-7-3-4-11-21(18)23/h2-11,13-14H,1,12,15-16H2. The van der Waals surface area contributed by atoms with Gasteiger partial charge in [0.25, 0.3) is 5.91 Å². The van der Waals surface area contributed by atoms with Crippen molar-refractivity contribution in [3.05, 3.63) is 107 Å². The van der Waals surface area contributed by atoms with E-state index in [-0.39, 0.29) is 5.91 Å². The lowest BCUT2D eigenvalue weighted by Gasteiger charge is -2.22. The SMILES string of the molecule is C=CCN(Cc1cccn1Cc1ccccc1Cl)C(=O)c1cccc(F)c1. The maximum Gasteiger partial charge on any atom is 0.254 e. The molecular formula is C22H20ClFN2O. The maximum absolute atomic E-state index is 13.5. The van der Waals surface area contributed by atoms with E-state index >= 15 is 0 Å². The van der Waals surface area contributed by atoms with E-state index in [1.165, 1.54) is 18.2 Å². The molecule has 0 saturated heterocycles. The molecule has 0 N–H and O–H groups in total. The lowest BCUT2D eigenvalue weighted by atomic mass is 10.2. The van der Waals surface area contributed by atoms with Crippen molar-refractivity contribution in [2.24, 2.45) is 0 Å². The van der Waals surface area contributed by atoms with E-state index in [0.717, 1.165) is 11.3 Å². The number of hydrogen-bond acceptors (Lipinski definition) is 1. The molecule has 0 aliphatic heterocycles. The molecule has 0 bridgehead atoms. The Morgan fingerprint density at radius 3 is 2.70 bits per heavy atom. The van der Waals surface area contributed by atoms with Gasteiger partial charge in [0, 0.05) is 35.6 Å². The lowest BCUT2D eigenvalue weighted by Crippen LogP contribution is -2.31. The largest absolute Gasteiger partial charge is 0.345 e. The van der Waals surface area contributed by atoms with Gasteiger partial charge in [-0.1, -0.05) is 41.9 Å². The quantitative estimate of drug-likeness (QED) is 0.518. The van der Waals surface area contributed by atoms with Crippen LogP contribution in [0.2, 0.25) is 5.02 Å². The van der Waals surface area contributed by atoms with E-state index in [0.29, 0.717) is 30.2 Å². The molecule has 0 fully saturated rings. The molecule has 3 aromatic rings. The summed E-state index contributed by atoms with van der Waals surface area (Å²) in [4.78, 5) is 14.5. The summed E-state index contributed by atoms with van der Waals surface area (Å²) < 4.78 is 15.5. The summed E-state index contributed by atoms with van der Waals surface area (Å²) in [5.41, 5.74) is 2.28. The van der Waals surface area contributed by atoms with Crippen molar-refractivity contribution in [3.63, 3.8) is 0 Å². The zero-order valence-corrected chi connectivity index (χ0v) is 15.6. The van der Waals surface area contributed by atoms with E-state index in [1.807, 2.05) is 42.6 Å². The Hall–Kier alpha value is -2.85. The Bertz CT molecular complexity index is 951. The Kier molecular flexibility index (Phi) is 6.09. The van der Waals surface area contributed by atoms with Gasteiger partial charge in [-0.3, -0.25) is 4.79 Å². The van der Waals surface area contributed by atoms with Gasteiger partial charge in [0.1, 0.15) is 5.82 Å². The highest BCUT2D eigenvalue weighted by molar-refractivity contribution is 6.31. The van der Waals surface area contributed by atoms with E-state index in [1.54, 1.807) is 17.0 Å². The smallest absolute Gasteiger partial charge is 0.254 e. The number of benzene rings is 2. The average Bonchev–Trinajstić information content (AvgIpc) is 3.09. The Labute approximate surface area is 163 Å². The van der Waals surface area contributed by atoms with Gasteiger partial charge in [0.15, 0.2) is 0 Å². The summed E-state index contributed by atoms with van der Waals surface area (Å²) >= 11 is 6.27. The monoisotopic (exact) mass is 382 g/mol. The molecule has 5 heteroatoms. The van der Waals surface area contributed by atoms with Crippen LogP contribution < -0.4 is 0 Å². The second kappa shape index (κ2) is 8.69. The van der Waals surface area contributed by atoms with E-state index in [2.05, 4.69) is 11.1 Å². The number of nitrogens with zero attached hydrogens (tertiary/aromatic N) is 2. The molecule has 0 atom stereocenters. The van der Waals surface area contributed by atoms with Crippen molar-refractivity contribution in [3.8, 4) is 0 Å². The fourth-order valence-corrected chi connectivity index (χ4v) is 3.13. The summed E-state index contributed by atoms with van der Waals surface area (Å²) in [5.74, 6) is -0.665. The highest BCUT2D eigenvalue weighted by Crippen LogP contribution is 2.19. The minimum absolute atomic E-state index is 0.236. The molecule has 1 aromatic heterocycles. The van der Waals surface area contributed by atoms with Gasteiger partial charge < -0.3 is 9.47 Å². The third-order valence-corrected chi connectivity index (χ3v) is 4.65. The van der Waals surface area contributed by atoms with Crippen molar-refractivity contribution >= 4 is 17.5 Å². The number of halogens is 2. The minimum Gasteiger partial charge on any atom is -0.345 e. The Morgan fingerprint density at radius 2 is 1.96 bits per heavy atom. The van der Waals surface area contributed by atoms with Gasteiger partial charge in [-0.15, -0.1) is 6.58 Å². The molecule has 1 heterocycles. The second-order valence-corrected chi connectivity index (χ2v) is 6.61. The average molecular weight is 383 g/mol. The Balaban J connectivity index is 1.82. The summed E-state index contributed by atoms with van der Waals surface area (Å²) in [6.45, 7) is 5.10. The first-order valence-electron chi connectivity index (χ1n) is 8.61. The van der Waals surface area contributed by atoms with Crippen LogP contribution >= 0.6 is 11.6 Å². The third kappa shape index (κ3) is 4.66. The number of carbonyl (C=O) groups excluding carboxylic acids is 1. The van der Waals surface area contributed by atoms with E-state index in [9.17, 15) is 9.18 Å². The molecular weight excluding hydrogens is 363 g/mol. The first-order valence-corrected chi connectivity index (χ1v) is 8.99. The van der Waals surface area contributed by atoms with Crippen molar-refractivity contribution in [1.82, 2.24) is 9.47 Å². The molecule has 27 heavy (non-hydrogen) atoms. The van der Waals surface area contributed by atoms with Gasteiger partial charge in [-0.2, -0.15) is 0 Å². The van der Waals surface area contributed by atoms with E-state index < -0.39 is 5.82 Å². The molecule has 0 aliphatic rings. The molecule has 138 valence electrons. The van der Waals surface area contributed by atoms with Gasteiger partial charge in [-0.05, 0) is 42.0 Å². The molecule has 0 radical (unpaired) electrons. The summed E-state index contributed by atoms with van der Waals surface area (Å²) in [6, 6.07) is 17.3. The highest BCUT2D eigenvalue weighted by Gasteiger charge is 2.17. The molecule has 0 aliphatic carbocycles. The van der Waals surface area contributed by atoms with Crippen LogP contribution in [0, 0.1) is 5.82 Å². The Morgan fingerprint density at radius 1 is 1.15 bits per heavy atom. The fraction of sp³-hybridized carbons (Fsp3) is 0.136. The molecule has 3 rings (SSSR count). The molecule has 0 saturated carbocycles. The first-order chi connectivity index (χ1) is 13.1. The maximum atomic E-state index is 13.5. The molecule has 0 spiro atoms. The molecule has 2 aromatic carbocycles. The van der Waals surface area contributed by atoms with Crippen LogP contribution in [0.4, 0.5) is 4.39 Å². The molecule has 1 amide bonds. The van der Waals surface area contributed by atoms with Gasteiger partial charge >= 0.3 is 0 Å². The second-order valence-electron chi connectivity index (χ2n) is 6.20. The van der Waals surface area contributed by atoms with Gasteiger partial charge in [-0.25, -0.2) is 4.39 Å². The predicted molar refractivity (Wildman–Crippen MR) is 106 cm³/mol. The van der Waals surface area contributed by atoms with Crippen LogP contribution in [0.15, 0.2) is 79.5 Å². The van der Waals surface area contributed by atoms with E-state index in [4.69, 9.17) is 11.6 Å². The van der Waals surface area contributed by atoms with Crippen molar-refractivity contribution < 1.29 is 9.18 Å². The molecule has 3 nitrogen and oxygen atoms in total. The van der Waals surface area contributed by atoms with Gasteiger partial charge in [0.2, 0.25) is 0 Å². The minimum atomic E-state index is -0.429. The van der Waals surface area contributed by atoms with Crippen LogP contribution in [-0.4, -0.2) is 21.9 Å².